The number of oxime groups is 1. The Morgan fingerprint density at radius 1 is 1.35 bits per heavy atom. The van der Waals surface area contributed by atoms with Gasteiger partial charge < -0.3 is 9.94 Å². The second-order valence-corrected chi connectivity index (χ2v) is 4.35. The maximum Gasteiger partial charge on any atom is 0.133 e. The van der Waals surface area contributed by atoms with Gasteiger partial charge in [-0.1, -0.05) is 34.4 Å². The van der Waals surface area contributed by atoms with Crippen LogP contribution in [-0.4, -0.2) is 11.8 Å². The van der Waals surface area contributed by atoms with Crippen molar-refractivity contribution < 1.29 is 9.94 Å². The van der Waals surface area contributed by atoms with Gasteiger partial charge in [-0.15, -0.1) is 0 Å². The number of aliphatic hydroxyl groups excluding tert-OH is 1. The van der Waals surface area contributed by atoms with Crippen molar-refractivity contribution in [2.75, 3.05) is 0 Å². The first-order valence-corrected chi connectivity index (χ1v) is 5.66. The van der Waals surface area contributed by atoms with Crippen molar-refractivity contribution in [2.24, 2.45) is 5.16 Å². The van der Waals surface area contributed by atoms with Gasteiger partial charge in [-0.2, -0.15) is 0 Å². The van der Waals surface area contributed by atoms with Crippen molar-refractivity contribution >= 4 is 29.9 Å². The molecule has 0 aliphatic heterocycles. The van der Waals surface area contributed by atoms with E-state index in [4.69, 9.17) is 28.0 Å². The van der Waals surface area contributed by atoms with Crippen LogP contribution in [0.5, 0.6) is 0 Å². The third-order valence-corrected chi connectivity index (χ3v) is 3.17. The molecule has 5 heteroatoms. The Balaban J connectivity index is 3.03. The highest BCUT2D eigenvalue weighted by Gasteiger charge is 2.14. The molecule has 0 bridgehead atoms. The molecule has 1 aromatic rings. The average Bonchev–Trinajstić information content (AvgIpc) is 2.31. The normalized spacial score (nSPS) is 13.9. The summed E-state index contributed by atoms with van der Waals surface area (Å²) in [6, 6.07) is 4.96. The Bertz CT molecular complexity index is 458. The van der Waals surface area contributed by atoms with Gasteiger partial charge in [0.2, 0.25) is 0 Å². The summed E-state index contributed by atoms with van der Waals surface area (Å²) in [5.74, 6) is 0.499. The summed E-state index contributed by atoms with van der Waals surface area (Å²) in [5.41, 5.74) is 1.28. The molecule has 0 aliphatic carbocycles. The Labute approximate surface area is 110 Å². The molecule has 0 amide bonds. The topological polar surface area (TPSA) is 41.8 Å². The van der Waals surface area contributed by atoms with E-state index in [0.717, 1.165) is 0 Å². The highest BCUT2D eigenvalue weighted by atomic mass is 35.5. The number of aliphatic hydroxyl groups is 1. The molecule has 1 rings (SSSR count). The molecule has 0 radical (unpaired) electrons. The summed E-state index contributed by atoms with van der Waals surface area (Å²) in [6.45, 7) is 6.66. The first-order chi connectivity index (χ1) is 7.97. The summed E-state index contributed by atoms with van der Waals surface area (Å²) in [6.07, 6.45) is -0.813. The zero-order chi connectivity index (χ0) is 13.0. The quantitative estimate of drug-likeness (QED) is 0.513. The molecular weight excluding hydrogens is 261 g/mol. The minimum absolute atomic E-state index is 0.399. The predicted molar refractivity (Wildman–Crippen MR) is 70.4 cm³/mol. The molecule has 0 saturated carbocycles. The number of allylic oxidation sites excluding steroid dienone is 1. The standard InChI is InChI=1S/C12H13Cl2NO2/c1-7(8(2)17-15-3)12(16)9-4-5-10(13)11(14)6-9/h4-6,12,16H,3H2,1-2H3/b8-7+. The molecule has 0 saturated heterocycles. The second-order valence-electron chi connectivity index (χ2n) is 3.54. The van der Waals surface area contributed by atoms with E-state index in [9.17, 15) is 5.11 Å². The molecule has 0 spiro atoms. The fourth-order valence-corrected chi connectivity index (χ4v) is 1.60. The predicted octanol–water partition coefficient (Wildman–Crippen LogP) is 3.95. The summed E-state index contributed by atoms with van der Waals surface area (Å²) < 4.78 is 0. The van der Waals surface area contributed by atoms with Crippen molar-refractivity contribution in [3.63, 3.8) is 0 Å². The van der Waals surface area contributed by atoms with Crippen LogP contribution >= 0.6 is 23.2 Å². The Kier molecular flexibility index (Phi) is 5.00. The molecular formula is C12H13Cl2NO2. The van der Waals surface area contributed by atoms with E-state index in [-0.39, 0.29) is 0 Å². The van der Waals surface area contributed by atoms with Crippen LogP contribution in [0.4, 0.5) is 0 Å². The zero-order valence-corrected chi connectivity index (χ0v) is 11.1. The van der Waals surface area contributed by atoms with E-state index >= 15 is 0 Å². The SMILES string of the molecule is C=NO/C(C)=C(\C)C(O)c1ccc(Cl)c(Cl)c1. The maximum atomic E-state index is 10.1. The van der Waals surface area contributed by atoms with Crippen LogP contribution in [0.1, 0.15) is 25.5 Å². The number of halogens is 2. The van der Waals surface area contributed by atoms with Gasteiger partial charge in [0.05, 0.1) is 10.0 Å². The number of nitrogens with zero attached hydrogens (tertiary/aromatic N) is 1. The summed E-state index contributed by atoms with van der Waals surface area (Å²) in [5, 5.41) is 14.2. The van der Waals surface area contributed by atoms with E-state index in [2.05, 4.69) is 11.9 Å². The fraction of sp³-hybridized carbons (Fsp3) is 0.250. The molecule has 1 N–H and O–H groups in total. The first kappa shape index (κ1) is 14.0. The van der Waals surface area contributed by atoms with Crippen molar-refractivity contribution in [2.45, 2.75) is 20.0 Å². The number of hydrogen-bond donors (Lipinski definition) is 1. The first-order valence-electron chi connectivity index (χ1n) is 4.90. The third kappa shape index (κ3) is 3.46. The van der Waals surface area contributed by atoms with Gasteiger partial charge in [0.15, 0.2) is 0 Å². The summed E-state index contributed by atoms with van der Waals surface area (Å²) in [4.78, 5) is 4.87. The fourth-order valence-electron chi connectivity index (χ4n) is 1.29. The molecule has 92 valence electrons. The van der Waals surface area contributed by atoms with Gasteiger partial charge in [-0.3, -0.25) is 0 Å². The van der Waals surface area contributed by atoms with Gasteiger partial charge in [-0.25, -0.2) is 0 Å². The molecule has 0 aromatic heterocycles. The lowest BCUT2D eigenvalue weighted by Crippen LogP contribution is -2.02. The summed E-state index contributed by atoms with van der Waals surface area (Å²) >= 11 is 11.7. The lowest BCUT2D eigenvalue weighted by atomic mass is 10.0. The Morgan fingerprint density at radius 2 is 2.00 bits per heavy atom. The molecule has 0 heterocycles. The largest absolute Gasteiger partial charge is 0.384 e. The Hall–Kier alpha value is -1.03. The molecule has 1 aromatic carbocycles. The van der Waals surface area contributed by atoms with Gasteiger partial charge in [0, 0.05) is 12.3 Å². The van der Waals surface area contributed by atoms with Crippen molar-refractivity contribution in [1.29, 1.82) is 0 Å². The third-order valence-electron chi connectivity index (χ3n) is 2.43. The minimum Gasteiger partial charge on any atom is -0.384 e. The van der Waals surface area contributed by atoms with E-state index < -0.39 is 6.10 Å². The number of rotatable bonds is 4. The van der Waals surface area contributed by atoms with Gasteiger partial charge in [0.25, 0.3) is 0 Å². The van der Waals surface area contributed by atoms with Gasteiger partial charge >= 0.3 is 0 Å². The lowest BCUT2D eigenvalue weighted by Gasteiger charge is -2.14. The number of hydrogen-bond acceptors (Lipinski definition) is 3. The monoisotopic (exact) mass is 273 g/mol. The Morgan fingerprint density at radius 3 is 2.53 bits per heavy atom. The van der Waals surface area contributed by atoms with E-state index in [1.807, 2.05) is 0 Å². The van der Waals surface area contributed by atoms with Crippen LogP contribution < -0.4 is 0 Å². The van der Waals surface area contributed by atoms with Gasteiger partial charge in [-0.05, 0) is 31.5 Å². The van der Waals surface area contributed by atoms with Crippen LogP contribution in [0.15, 0.2) is 34.7 Å². The van der Waals surface area contributed by atoms with Crippen LogP contribution in [0.2, 0.25) is 10.0 Å². The zero-order valence-electron chi connectivity index (χ0n) is 9.58. The number of benzene rings is 1. The molecule has 1 unspecified atom stereocenters. The van der Waals surface area contributed by atoms with E-state index in [1.165, 1.54) is 0 Å². The summed E-state index contributed by atoms with van der Waals surface area (Å²) in [7, 11) is 0. The second kappa shape index (κ2) is 6.05. The highest BCUT2D eigenvalue weighted by molar-refractivity contribution is 6.42. The van der Waals surface area contributed by atoms with E-state index in [0.29, 0.717) is 26.9 Å². The molecule has 0 aliphatic rings. The maximum absolute atomic E-state index is 10.1. The highest BCUT2D eigenvalue weighted by Crippen LogP contribution is 2.29. The molecule has 3 nitrogen and oxygen atoms in total. The van der Waals surface area contributed by atoms with Crippen LogP contribution in [-0.2, 0) is 4.84 Å². The molecule has 0 fully saturated rings. The van der Waals surface area contributed by atoms with Crippen molar-refractivity contribution in [1.82, 2.24) is 0 Å². The lowest BCUT2D eigenvalue weighted by molar-refractivity contribution is 0.185. The minimum atomic E-state index is -0.813. The van der Waals surface area contributed by atoms with Crippen LogP contribution in [0.3, 0.4) is 0 Å². The smallest absolute Gasteiger partial charge is 0.133 e. The van der Waals surface area contributed by atoms with Crippen molar-refractivity contribution in [3.05, 3.63) is 45.1 Å². The van der Waals surface area contributed by atoms with Gasteiger partial charge in [0.1, 0.15) is 11.9 Å². The van der Waals surface area contributed by atoms with Crippen LogP contribution in [0, 0.1) is 0 Å². The van der Waals surface area contributed by atoms with Crippen molar-refractivity contribution in [3.8, 4) is 0 Å². The average molecular weight is 274 g/mol. The van der Waals surface area contributed by atoms with Crippen LogP contribution in [0.25, 0.3) is 0 Å². The molecule has 1 atom stereocenters. The molecule has 17 heavy (non-hydrogen) atoms. The van der Waals surface area contributed by atoms with E-state index in [1.54, 1.807) is 32.0 Å².